The van der Waals surface area contributed by atoms with Crippen LogP contribution < -0.4 is 5.32 Å². The van der Waals surface area contributed by atoms with E-state index in [1.807, 2.05) is 0 Å². The highest BCUT2D eigenvalue weighted by atomic mass is 32.2. The summed E-state index contributed by atoms with van der Waals surface area (Å²) in [6.07, 6.45) is 21.5. The van der Waals surface area contributed by atoms with Crippen LogP contribution in [0.2, 0.25) is 0 Å². The summed E-state index contributed by atoms with van der Waals surface area (Å²) >= 11 is 0. The number of allylic oxidation sites excluding steroid dienone is 1. The van der Waals surface area contributed by atoms with E-state index in [9.17, 15) is 28.0 Å². The topological polar surface area (TPSA) is 124 Å². The summed E-state index contributed by atoms with van der Waals surface area (Å²) in [6.45, 7) is 9.02. The van der Waals surface area contributed by atoms with Crippen molar-refractivity contribution in [1.82, 2.24) is 5.32 Å². The van der Waals surface area contributed by atoms with Crippen molar-refractivity contribution in [3.63, 3.8) is 0 Å². The third-order valence-electron chi connectivity index (χ3n) is 7.43. The number of aliphatic hydroxyl groups is 2. The maximum Gasteiger partial charge on any atom is 0.267 e. The minimum atomic E-state index is -4.43. The highest BCUT2D eigenvalue weighted by Gasteiger charge is 2.27. The molecule has 0 saturated carbocycles. The molecule has 0 radical (unpaired) electrons. The predicted molar refractivity (Wildman–Crippen MR) is 167 cm³/mol. The van der Waals surface area contributed by atoms with Gasteiger partial charge < -0.3 is 15.5 Å². The minimum Gasteiger partial charge on any atom is -0.387 e. The van der Waals surface area contributed by atoms with Crippen molar-refractivity contribution in [2.45, 2.75) is 168 Å². The Labute approximate surface area is 246 Å². The van der Waals surface area contributed by atoms with Gasteiger partial charge in [-0.05, 0) is 31.1 Å². The van der Waals surface area contributed by atoms with E-state index in [-0.39, 0.29) is 6.42 Å². The van der Waals surface area contributed by atoms with E-state index in [1.54, 1.807) is 6.08 Å². The minimum absolute atomic E-state index is 0.280. The summed E-state index contributed by atoms with van der Waals surface area (Å²) in [6, 6.07) is -1.23. The standard InChI is InChI=1S/C32H63NO6S/c1-27(2)22-18-14-10-6-5-7-12-16-20-24-30(34)29(26-40(37,38)39)33-32(36)31(35)25-21-17-13-9-8-11-15-19-23-28(3)4/h20,24,27-31,34-35H,5-19,21-23,25-26H2,1-4H3,(H,33,36)(H,37,38,39). The van der Waals surface area contributed by atoms with Crippen molar-refractivity contribution in [2.75, 3.05) is 5.75 Å². The molecule has 0 aromatic rings. The molecule has 0 aliphatic carbocycles. The molecule has 0 heterocycles. The van der Waals surface area contributed by atoms with Crippen molar-refractivity contribution >= 4 is 16.0 Å². The number of unbranched alkanes of at least 4 members (excludes halogenated alkanes) is 14. The molecule has 0 rings (SSSR count). The van der Waals surface area contributed by atoms with Crippen LogP contribution in [0, 0.1) is 11.8 Å². The average molecular weight is 590 g/mol. The van der Waals surface area contributed by atoms with Gasteiger partial charge in [-0.2, -0.15) is 8.42 Å². The van der Waals surface area contributed by atoms with E-state index >= 15 is 0 Å². The largest absolute Gasteiger partial charge is 0.387 e. The fourth-order valence-corrected chi connectivity index (χ4v) is 5.62. The first-order valence-electron chi connectivity index (χ1n) is 16.2. The fraction of sp³-hybridized carbons (Fsp3) is 0.906. The molecule has 3 atom stereocenters. The van der Waals surface area contributed by atoms with Crippen molar-refractivity contribution < 1.29 is 28.0 Å². The molecule has 0 saturated heterocycles. The van der Waals surface area contributed by atoms with Crippen LogP contribution in [-0.4, -0.2) is 53.1 Å². The zero-order chi connectivity index (χ0) is 30.2. The maximum absolute atomic E-state index is 12.5. The molecule has 40 heavy (non-hydrogen) atoms. The summed E-state index contributed by atoms with van der Waals surface area (Å²) in [5.41, 5.74) is 0. The van der Waals surface area contributed by atoms with Crippen LogP contribution >= 0.6 is 0 Å². The van der Waals surface area contributed by atoms with Crippen molar-refractivity contribution in [3.8, 4) is 0 Å². The van der Waals surface area contributed by atoms with Gasteiger partial charge in [-0.1, -0.05) is 143 Å². The average Bonchev–Trinajstić information content (AvgIpc) is 2.86. The number of aliphatic hydroxyl groups excluding tert-OH is 2. The fourth-order valence-electron chi connectivity index (χ4n) is 4.88. The van der Waals surface area contributed by atoms with E-state index in [2.05, 4.69) is 33.0 Å². The Balaban J connectivity index is 4.24. The number of hydrogen-bond acceptors (Lipinski definition) is 5. The third-order valence-corrected chi connectivity index (χ3v) is 8.21. The van der Waals surface area contributed by atoms with Crippen LogP contribution in [0.25, 0.3) is 0 Å². The van der Waals surface area contributed by atoms with Crippen LogP contribution in [0.5, 0.6) is 0 Å². The monoisotopic (exact) mass is 589 g/mol. The van der Waals surface area contributed by atoms with Crippen molar-refractivity contribution in [1.29, 1.82) is 0 Å². The molecule has 0 fully saturated rings. The van der Waals surface area contributed by atoms with Gasteiger partial charge in [-0.25, -0.2) is 0 Å². The van der Waals surface area contributed by atoms with Crippen LogP contribution in [0.3, 0.4) is 0 Å². The molecule has 0 aliphatic heterocycles. The van der Waals surface area contributed by atoms with Gasteiger partial charge in [-0.3, -0.25) is 9.35 Å². The quantitative estimate of drug-likeness (QED) is 0.0451. The van der Waals surface area contributed by atoms with Gasteiger partial charge in [0.25, 0.3) is 10.1 Å². The van der Waals surface area contributed by atoms with Gasteiger partial charge in [0.2, 0.25) is 5.91 Å². The van der Waals surface area contributed by atoms with Crippen LogP contribution in [0.1, 0.15) is 150 Å². The first-order chi connectivity index (χ1) is 18.9. The summed E-state index contributed by atoms with van der Waals surface area (Å²) in [7, 11) is -4.43. The number of carbonyl (C=O) groups excluding carboxylic acids is 1. The Morgan fingerprint density at radius 2 is 1.07 bits per heavy atom. The lowest BCUT2D eigenvalue weighted by molar-refractivity contribution is -0.130. The first-order valence-corrected chi connectivity index (χ1v) is 17.8. The zero-order valence-electron chi connectivity index (χ0n) is 26.2. The molecule has 0 aromatic carbocycles. The lowest BCUT2D eigenvalue weighted by Gasteiger charge is -2.22. The van der Waals surface area contributed by atoms with Gasteiger partial charge >= 0.3 is 0 Å². The van der Waals surface area contributed by atoms with Crippen LogP contribution in [-0.2, 0) is 14.9 Å². The Hall–Kier alpha value is -0.960. The molecular weight excluding hydrogens is 526 g/mol. The molecular formula is C32H63NO6S. The SMILES string of the molecule is CC(C)CCCCCCCCCC=CC(O)C(CS(=O)(=O)O)NC(=O)C(O)CCCCCCCCCCC(C)C. The van der Waals surface area contributed by atoms with E-state index < -0.39 is 40.0 Å². The zero-order valence-corrected chi connectivity index (χ0v) is 27.0. The lowest BCUT2D eigenvalue weighted by atomic mass is 10.0. The van der Waals surface area contributed by atoms with Crippen molar-refractivity contribution in [2.24, 2.45) is 11.8 Å². The van der Waals surface area contributed by atoms with E-state index in [4.69, 9.17) is 0 Å². The molecule has 238 valence electrons. The molecule has 4 N–H and O–H groups in total. The van der Waals surface area contributed by atoms with Gasteiger partial charge in [0, 0.05) is 0 Å². The van der Waals surface area contributed by atoms with Gasteiger partial charge in [-0.15, -0.1) is 0 Å². The number of hydrogen-bond donors (Lipinski definition) is 4. The molecule has 0 aromatic heterocycles. The third kappa shape index (κ3) is 26.0. The van der Waals surface area contributed by atoms with Crippen LogP contribution in [0.4, 0.5) is 0 Å². The molecule has 0 aliphatic rings. The Morgan fingerprint density at radius 1 is 0.675 bits per heavy atom. The summed E-state index contributed by atoms with van der Waals surface area (Å²) in [4.78, 5) is 12.5. The van der Waals surface area contributed by atoms with Crippen LogP contribution in [0.15, 0.2) is 12.2 Å². The lowest BCUT2D eigenvalue weighted by Crippen LogP contribution is -2.50. The van der Waals surface area contributed by atoms with E-state index in [1.165, 1.54) is 76.7 Å². The second kappa shape index (κ2) is 24.6. The highest BCUT2D eigenvalue weighted by Crippen LogP contribution is 2.15. The summed E-state index contributed by atoms with van der Waals surface area (Å²) in [5.74, 6) is 0.00622. The second-order valence-electron chi connectivity index (χ2n) is 12.5. The molecule has 1 amide bonds. The molecule has 0 spiro atoms. The van der Waals surface area contributed by atoms with Crippen molar-refractivity contribution in [3.05, 3.63) is 12.2 Å². The van der Waals surface area contributed by atoms with Gasteiger partial charge in [0.15, 0.2) is 0 Å². The second-order valence-corrected chi connectivity index (χ2v) is 14.0. The number of amides is 1. The first kappa shape index (κ1) is 39.0. The van der Waals surface area contributed by atoms with Gasteiger partial charge in [0.05, 0.1) is 17.9 Å². The van der Waals surface area contributed by atoms with Gasteiger partial charge in [0.1, 0.15) is 6.10 Å². The molecule has 8 heteroatoms. The normalized spacial score (nSPS) is 14.7. The Kier molecular flexibility index (Phi) is 24.0. The Morgan fingerprint density at radius 3 is 1.50 bits per heavy atom. The van der Waals surface area contributed by atoms with E-state index in [0.717, 1.165) is 50.4 Å². The van der Waals surface area contributed by atoms with E-state index in [0.29, 0.717) is 6.42 Å². The molecule has 3 unspecified atom stereocenters. The Bertz CT molecular complexity index is 738. The molecule has 0 bridgehead atoms. The predicted octanol–water partition coefficient (Wildman–Crippen LogP) is 7.36. The smallest absolute Gasteiger partial charge is 0.267 e. The summed E-state index contributed by atoms with van der Waals surface area (Å²) in [5, 5.41) is 23.2. The number of carbonyl (C=O) groups is 1. The summed E-state index contributed by atoms with van der Waals surface area (Å²) < 4.78 is 32.2. The number of rotatable bonds is 27. The highest BCUT2D eigenvalue weighted by molar-refractivity contribution is 7.85. The maximum atomic E-state index is 12.5. The molecule has 7 nitrogen and oxygen atoms in total. The number of nitrogens with one attached hydrogen (secondary N) is 1.